The van der Waals surface area contributed by atoms with Crippen molar-refractivity contribution in [1.29, 1.82) is 0 Å². The maximum Gasteiger partial charge on any atom is 0.0496 e. The van der Waals surface area contributed by atoms with Crippen molar-refractivity contribution < 1.29 is 0 Å². The highest BCUT2D eigenvalue weighted by Gasteiger charge is 2.10. The van der Waals surface area contributed by atoms with Crippen LogP contribution in [0.3, 0.4) is 0 Å². The lowest BCUT2D eigenvalue weighted by molar-refractivity contribution is 0.504. The molecular formula is C13H15Br2N. The summed E-state index contributed by atoms with van der Waals surface area (Å²) in [6.07, 6.45) is 8.32. The van der Waals surface area contributed by atoms with Gasteiger partial charge in [0, 0.05) is 21.2 Å². The van der Waals surface area contributed by atoms with Crippen LogP contribution < -0.4 is 5.32 Å². The zero-order valence-electron chi connectivity index (χ0n) is 9.05. The maximum atomic E-state index is 3.56. The summed E-state index contributed by atoms with van der Waals surface area (Å²) in [5.74, 6) is 0.774. The first-order valence-corrected chi connectivity index (χ1v) is 7.18. The van der Waals surface area contributed by atoms with Crippen molar-refractivity contribution in [2.75, 3.05) is 11.9 Å². The van der Waals surface area contributed by atoms with Crippen molar-refractivity contribution in [1.82, 2.24) is 0 Å². The zero-order valence-corrected chi connectivity index (χ0v) is 12.2. The molecule has 86 valence electrons. The SMILES string of the molecule is Brc1ccc(Br)c(NCC2CC=CCC2)c1. The van der Waals surface area contributed by atoms with Crippen LogP contribution in [0.1, 0.15) is 19.3 Å². The summed E-state index contributed by atoms with van der Waals surface area (Å²) in [5, 5.41) is 3.51. The fourth-order valence-electron chi connectivity index (χ4n) is 1.93. The standard InChI is InChI=1S/C13H15Br2N/c14-11-6-7-12(15)13(8-11)16-9-10-4-2-1-3-5-10/h1-2,6-8,10,16H,3-5,9H2. The Labute approximate surface area is 114 Å². The third kappa shape index (κ3) is 3.36. The second-order valence-electron chi connectivity index (χ2n) is 4.16. The van der Waals surface area contributed by atoms with E-state index in [9.17, 15) is 0 Å². The molecule has 1 aliphatic rings. The molecule has 0 amide bonds. The number of halogens is 2. The molecule has 0 spiro atoms. The summed E-state index contributed by atoms with van der Waals surface area (Å²) in [5.41, 5.74) is 1.17. The summed E-state index contributed by atoms with van der Waals surface area (Å²) in [6.45, 7) is 1.05. The zero-order chi connectivity index (χ0) is 11.4. The van der Waals surface area contributed by atoms with Crippen molar-refractivity contribution in [2.24, 2.45) is 5.92 Å². The van der Waals surface area contributed by atoms with Crippen LogP contribution in [0.2, 0.25) is 0 Å². The van der Waals surface area contributed by atoms with Gasteiger partial charge in [-0.05, 0) is 59.3 Å². The number of rotatable bonds is 3. The van der Waals surface area contributed by atoms with E-state index in [-0.39, 0.29) is 0 Å². The van der Waals surface area contributed by atoms with E-state index in [0.29, 0.717) is 0 Å². The number of hydrogen-bond acceptors (Lipinski definition) is 1. The molecule has 1 atom stereocenters. The molecule has 2 rings (SSSR count). The Hall–Kier alpha value is -0.280. The summed E-state index contributed by atoms with van der Waals surface area (Å²) in [6, 6.07) is 6.22. The Morgan fingerprint density at radius 3 is 2.88 bits per heavy atom. The van der Waals surface area contributed by atoms with Crippen molar-refractivity contribution >= 4 is 37.5 Å². The average molecular weight is 345 g/mol. The summed E-state index contributed by atoms with van der Waals surface area (Å²) < 4.78 is 2.24. The highest BCUT2D eigenvalue weighted by atomic mass is 79.9. The third-order valence-corrected chi connectivity index (χ3v) is 4.07. The predicted octanol–water partition coefficient (Wildman–Crippen LogP) is 4.98. The summed E-state index contributed by atoms with van der Waals surface area (Å²) in [4.78, 5) is 0. The fourth-order valence-corrected chi connectivity index (χ4v) is 2.68. The predicted molar refractivity (Wildman–Crippen MR) is 76.8 cm³/mol. The second-order valence-corrected chi connectivity index (χ2v) is 5.93. The molecule has 3 heteroatoms. The van der Waals surface area contributed by atoms with Crippen LogP contribution in [0.25, 0.3) is 0 Å². The van der Waals surface area contributed by atoms with Crippen molar-refractivity contribution in [2.45, 2.75) is 19.3 Å². The lowest BCUT2D eigenvalue weighted by Gasteiger charge is -2.19. The molecule has 1 unspecified atom stereocenters. The first kappa shape index (κ1) is 12.2. The van der Waals surface area contributed by atoms with Crippen LogP contribution in [0.4, 0.5) is 5.69 Å². The molecule has 0 aromatic heterocycles. The topological polar surface area (TPSA) is 12.0 Å². The molecule has 1 aliphatic carbocycles. The van der Waals surface area contributed by atoms with Crippen molar-refractivity contribution in [3.8, 4) is 0 Å². The number of hydrogen-bond donors (Lipinski definition) is 1. The van der Waals surface area contributed by atoms with Gasteiger partial charge in [-0.2, -0.15) is 0 Å². The molecule has 0 aliphatic heterocycles. The molecule has 0 saturated carbocycles. The van der Waals surface area contributed by atoms with Gasteiger partial charge in [0.1, 0.15) is 0 Å². The minimum absolute atomic E-state index is 0.774. The highest BCUT2D eigenvalue weighted by molar-refractivity contribution is 9.11. The normalized spacial score (nSPS) is 19.8. The number of allylic oxidation sites excluding steroid dienone is 2. The smallest absolute Gasteiger partial charge is 0.0496 e. The first-order valence-electron chi connectivity index (χ1n) is 5.59. The molecule has 0 bridgehead atoms. The van der Waals surface area contributed by atoms with Gasteiger partial charge in [0.2, 0.25) is 0 Å². The number of nitrogens with one attached hydrogen (secondary N) is 1. The van der Waals surface area contributed by atoms with Gasteiger partial charge in [-0.15, -0.1) is 0 Å². The Bertz CT molecular complexity index is 388. The van der Waals surface area contributed by atoms with Crippen LogP contribution in [-0.2, 0) is 0 Å². The van der Waals surface area contributed by atoms with Crippen LogP contribution in [-0.4, -0.2) is 6.54 Å². The molecule has 16 heavy (non-hydrogen) atoms. The van der Waals surface area contributed by atoms with Gasteiger partial charge in [0.05, 0.1) is 0 Å². The monoisotopic (exact) mass is 343 g/mol. The van der Waals surface area contributed by atoms with E-state index in [1.165, 1.54) is 24.9 Å². The molecule has 0 radical (unpaired) electrons. The Balaban J connectivity index is 1.93. The first-order chi connectivity index (χ1) is 7.75. The van der Waals surface area contributed by atoms with Crippen LogP contribution in [0.15, 0.2) is 39.3 Å². The minimum Gasteiger partial charge on any atom is -0.384 e. The van der Waals surface area contributed by atoms with Crippen LogP contribution in [0.5, 0.6) is 0 Å². The lowest BCUT2D eigenvalue weighted by Crippen LogP contribution is -2.15. The largest absolute Gasteiger partial charge is 0.384 e. The minimum atomic E-state index is 0.774. The number of anilines is 1. The molecule has 1 N–H and O–H groups in total. The molecule has 1 aromatic carbocycles. The van der Waals surface area contributed by atoms with E-state index >= 15 is 0 Å². The Morgan fingerprint density at radius 2 is 2.12 bits per heavy atom. The van der Waals surface area contributed by atoms with Crippen LogP contribution in [0, 0.1) is 5.92 Å². The van der Waals surface area contributed by atoms with E-state index in [4.69, 9.17) is 0 Å². The van der Waals surface area contributed by atoms with E-state index in [2.05, 4.69) is 61.5 Å². The van der Waals surface area contributed by atoms with E-state index < -0.39 is 0 Å². The molecular weight excluding hydrogens is 330 g/mol. The summed E-state index contributed by atoms with van der Waals surface area (Å²) in [7, 11) is 0. The maximum absolute atomic E-state index is 3.56. The lowest BCUT2D eigenvalue weighted by atomic mass is 9.94. The molecule has 1 nitrogen and oxygen atoms in total. The van der Waals surface area contributed by atoms with E-state index in [1.54, 1.807) is 0 Å². The molecule has 0 fully saturated rings. The fraction of sp³-hybridized carbons (Fsp3) is 0.385. The Kier molecular flexibility index (Phi) is 4.47. The summed E-state index contributed by atoms with van der Waals surface area (Å²) >= 11 is 7.05. The van der Waals surface area contributed by atoms with E-state index in [0.717, 1.165) is 21.4 Å². The van der Waals surface area contributed by atoms with Crippen molar-refractivity contribution in [3.63, 3.8) is 0 Å². The Morgan fingerprint density at radius 1 is 1.25 bits per heavy atom. The van der Waals surface area contributed by atoms with E-state index in [1.807, 2.05) is 6.07 Å². The second kappa shape index (κ2) is 5.87. The van der Waals surface area contributed by atoms with Gasteiger partial charge >= 0.3 is 0 Å². The highest BCUT2D eigenvalue weighted by Crippen LogP contribution is 2.27. The quantitative estimate of drug-likeness (QED) is 0.762. The molecule has 0 heterocycles. The molecule has 1 aromatic rings. The van der Waals surface area contributed by atoms with Gasteiger partial charge in [0.25, 0.3) is 0 Å². The average Bonchev–Trinajstić information content (AvgIpc) is 2.32. The van der Waals surface area contributed by atoms with Gasteiger partial charge in [-0.1, -0.05) is 28.1 Å². The van der Waals surface area contributed by atoms with Crippen LogP contribution >= 0.6 is 31.9 Å². The van der Waals surface area contributed by atoms with Crippen molar-refractivity contribution in [3.05, 3.63) is 39.3 Å². The van der Waals surface area contributed by atoms with Gasteiger partial charge < -0.3 is 5.32 Å². The van der Waals surface area contributed by atoms with Gasteiger partial charge in [-0.25, -0.2) is 0 Å². The van der Waals surface area contributed by atoms with Gasteiger partial charge in [-0.3, -0.25) is 0 Å². The molecule has 0 saturated heterocycles. The number of benzene rings is 1. The van der Waals surface area contributed by atoms with Gasteiger partial charge in [0.15, 0.2) is 0 Å². The third-order valence-electron chi connectivity index (χ3n) is 2.89.